The molecule has 0 aliphatic rings. The van der Waals surface area contributed by atoms with Crippen LogP contribution < -0.4 is 5.32 Å². The van der Waals surface area contributed by atoms with Crippen LogP contribution in [0.3, 0.4) is 0 Å². The van der Waals surface area contributed by atoms with Gasteiger partial charge in [0.15, 0.2) is 0 Å². The summed E-state index contributed by atoms with van der Waals surface area (Å²) < 4.78 is 7.50. The van der Waals surface area contributed by atoms with E-state index in [-0.39, 0.29) is 5.91 Å². The molecule has 27 heavy (non-hydrogen) atoms. The van der Waals surface area contributed by atoms with E-state index in [1.165, 1.54) is 5.56 Å². The van der Waals surface area contributed by atoms with Gasteiger partial charge in [0, 0.05) is 29.9 Å². The van der Waals surface area contributed by atoms with Gasteiger partial charge in [-0.2, -0.15) is 5.10 Å². The summed E-state index contributed by atoms with van der Waals surface area (Å²) in [5, 5.41) is 8.29. The van der Waals surface area contributed by atoms with Crippen LogP contribution in [0.15, 0.2) is 65.5 Å². The molecule has 0 saturated heterocycles. The molecule has 0 radical (unpaired) electrons. The van der Waals surface area contributed by atoms with E-state index in [1.54, 1.807) is 17.1 Å². The molecule has 0 bridgehead atoms. The van der Waals surface area contributed by atoms with Crippen LogP contribution >= 0.6 is 0 Å². The highest BCUT2D eigenvalue weighted by Gasteiger charge is 2.13. The van der Waals surface area contributed by atoms with Crippen LogP contribution in [0.25, 0.3) is 16.7 Å². The van der Waals surface area contributed by atoms with Gasteiger partial charge in [-0.05, 0) is 42.7 Å². The third kappa shape index (κ3) is 3.36. The number of benzene rings is 2. The van der Waals surface area contributed by atoms with Crippen LogP contribution in [0.4, 0.5) is 0 Å². The van der Waals surface area contributed by atoms with E-state index < -0.39 is 0 Å². The number of aryl methyl sites for hydroxylation is 2. The van der Waals surface area contributed by atoms with E-state index in [0.717, 1.165) is 33.3 Å². The Bertz CT molecular complexity index is 1090. The Morgan fingerprint density at radius 1 is 1.11 bits per heavy atom. The molecule has 0 aliphatic carbocycles. The quantitative estimate of drug-likeness (QED) is 0.584. The molecule has 136 valence electrons. The molecule has 5 heteroatoms. The highest BCUT2D eigenvalue weighted by Crippen LogP contribution is 2.26. The van der Waals surface area contributed by atoms with Gasteiger partial charge in [-0.3, -0.25) is 4.79 Å². The van der Waals surface area contributed by atoms with E-state index in [1.807, 2.05) is 49.5 Å². The third-order valence-corrected chi connectivity index (χ3v) is 4.91. The number of hydrogen-bond acceptors (Lipinski definition) is 3. The molecule has 2 aromatic carbocycles. The van der Waals surface area contributed by atoms with Crippen molar-refractivity contribution in [1.82, 2.24) is 15.1 Å². The fraction of sp³-hybridized carbons (Fsp3) is 0.182. The Morgan fingerprint density at radius 3 is 2.78 bits per heavy atom. The lowest BCUT2D eigenvalue weighted by molar-refractivity contribution is -0.120. The summed E-state index contributed by atoms with van der Waals surface area (Å²) in [5.41, 5.74) is 6.05. The summed E-state index contributed by atoms with van der Waals surface area (Å²) in [5.74, 6) is -0.0359. The Hall–Kier alpha value is -3.34. The maximum Gasteiger partial charge on any atom is 0.224 e. The number of carbonyl (C=O) groups is 1. The molecule has 0 fully saturated rings. The predicted octanol–water partition coefficient (Wildman–Crippen LogP) is 4.09. The van der Waals surface area contributed by atoms with Gasteiger partial charge >= 0.3 is 0 Å². The third-order valence-electron chi connectivity index (χ3n) is 4.91. The van der Waals surface area contributed by atoms with Crippen LogP contribution in [0, 0.1) is 13.8 Å². The zero-order chi connectivity index (χ0) is 18.8. The van der Waals surface area contributed by atoms with Gasteiger partial charge in [0.2, 0.25) is 5.91 Å². The first-order valence-electron chi connectivity index (χ1n) is 8.94. The van der Waals surface area contributed by atoms with Crippen LogP contribution in [0.2, 0.25) is 0 Å². The van der Waals surface area contributed by atoms with Crippen LogP contribution in [-0.4, -0.2) is 15.7 Å². The Balaban J connectivity index is 1.48. The number of nitrogens with one attached hydrogen (secondary N) is 1. The summed E-state index contributed by atoms with van der Waals surface area (Å²) in [6.45, 7) is 4.54. The summed E-state index contributed by atoms with van der Waals surface area (Å²) in [6.07, 6.45) is 5.61. The van der Waals surface area contributed by atoms with Crippen LogP contribution in [0.5, 0.6) is 0 Å². The maximum atomic E-state index is 12.5. The summed E-state index contributed by atoms with van der Waals surface area (Å²) in [6, 6.07) is 13.9. The van der Waals surface area contributed by atoms with Gasteiger partial charge < -0.3 is 9.73 Å². The van der Waals surface area contributed by atoms with E-state index in [0.29, 0.717) is 13.0 Å². The zero-order valence-electron chi connectivity index (χ0n) is 15.4. The first-order valence-corrected chi connectivity index (χ1v) is 8.94. The Kier molecular flexibility index (Phi) is 4.50. The average molecular weight is 359 g/mol. The summed E-state index contributed by atoms with van der Waals surface area (Å²) in [4.78, 5) is 12.5. The van der Waals surface area contributed by atoms with E-state index in [9.17, 15) is 4.79 Å². The molecule has 2 aromatic heterocycles. The number of carbonyl (C=O) groups excluding carboxylic acids is 1. The highest BCUT2D eigenvalue weighted by atomic mass is 16.3. The largest absolute Gasteiger partial charge is 0.464 e. The predicted molar refractivity (Wildman–Crippen MR) is 105 cm³/mol. The lowest BCUT2D eigenvalue weighted by Gasteiger charge is -2.10. The molecule has 0 atom stereocenters. The van der Waals surface area contributed by atoms with Crippen molar-refractivity contribution < 1.29 is 9.21 Å². The molecule has 5 nitrogen and oxygen atoms in total. The van der Waals surface area contributed by atoms with Crippen LogP contribution in [-0.2, 0) is 17.8 Å². The van der Waals surface area contributed by atoms with Crippen molar-refractivity contribution >= 4 is 16.9 Å². The van der Waals surface area contributed by atoms with Crippen molar-refractivity contribution in [3.05, 3.63) is 83.4 Å². The van der Waals surface area contributed by atoms with E-state index in [2.05, 4.69) is 23.4 Å². The first-order chi connectivity index (χ1) is 13.1. The number of hydrogen-bond donors (Lipinski definition) is 1. The Morgan fingerprint density at radius 2 is 1.96 bits per heavy atom. The van der Waals surface area contributed by atoms with Crippen molar-refractivity contribution in [2.24, 2.45) is 0 Å². The highest BCUT2D eigenvalue weighted by molar-refractivity contribution is 5.89. The molecule has 4 rings (SSSR count). The van der Waals surface area contributed by atoms with Crippen molar-refractivity contribution in [2.45, 2.75) is 26.8 Å². The fourth-order valence-electron chi connectivity index (χ4n) is 3.25. The van der Waals surface area contributed by atoms with Gasteiger partial charge in [0.25, 0.3) is 0 Å². The zero-order valence-corrected chi connectivity index (χ0v) is 15.4. The molecule has 0 unspecified atom stereocenters. The molecule has 1 N–H and O–H groups in total. The van der Waals surface area contributed by atoms with E-state index >= 15 is 0 Å². The smallest absolute Gasteiger partial charge is 0.224 e. The number of nitrogens with zero attached hydrogens (tertiary/aromatic N) is 2. The lowest BCUT2D eigenvalue weighted by Crippen LogP contribution is -2.25. The molecule has 0 aliphatic heterocycles. The fourth-order valence-corrected chi connectivity index (χ4v) is 3.25. The van der Waals surface area contributed by atoms with Crippen molar-refractivity contribution in [3.8, 4) is 5.69 Å². The molecule has 2 heterocycles. The van der Waals surface area contributed by atoms with Gasteiger partial charge in [0.05, 0.1) is 18.4 Å². The second kappa shape index (κ2) is 7.11. The molecule has 0 saturated carbocycles. The van der Waals surface area contributed by atoms with Crippen LogP contribution in [0.1, 0.15) is 22.3 Å². The number of para-hydroxylation sites is 1. The van der Waals surface area contributed by atoms with E-state index in [4.69, 9.17) is 4.42 Å². The van der Waals surface area contributed by atoms with Crippen molar-refractivity contribution in [2.75, 3.05) is 0 Å². The monoisotopic (exact) mass is 359 g/mol. The average Bonchev–Trinajstić information content (AvgIpc) is 3.34. The number of rotatable bonds is 5. The topological polar surface area (TPSA) is 60.1 Å². The van der Waals surface area contributed by atoms with Gasteiger partial charge in [-0.1, -0.05) is 30.3 Å². The number of aromatic nitrogens is 2. The lowest BCUT2D eigenvalue weighted by atomic mass is 10.0. The number of fused-ring (bicyclic) bond motifs is 1. The standard InChI is InChI=1S/C22H21N3O2/c1-15-8-9-19-18(14-27-22(19)16(15)2)12-21(26)23-13-17-6-3-4-7-20(17)25-11-5-10-24-25/h3-11,14H,12-13H2,1-2H3,(H,23,26). The second-order valence-corrected chi connectivity index (χ2v) is 6.68. The minimum Gasteiger partial charge on any atom is -0.464 e. The minimum absolute atomic E-state index is 0.0359. The molecule has 0 spiro atoms. The summed E-state index contributed by atoms with van der Waals surface area (Å²) >= 11 is 0. The van der Waals surface area contributed by atoms with Gasteiger partial charge in [-0.25, -0.2) is 4.68 Å². The van der Waals surface area contributed by atoms with Crippen molar-refractivity contribution in [3.63, 3.8) is 0 Å². The van der Waals surface area contributed by atoms with Crippen molar-refractivity contribution in [1.29, 1.82) is 0 Å². The first kappa shape index (κ1) is 17.1. The Labute approximate surface area is 157 Å². The number of furan rings is 1. The number of amides is 1. The summed E-state index contributed by atoms with van der Waals surface area (Å²) in [7, 11) is 0. The molecular weight excluding hydrogens is 338 g/mol. The SMILES string of the molecule is Cc1ccc2c(CC(=O)NCc3ccccc3-n3cccn3)coc2c1C. The molecular formula is C22H21N3O2. The van der Waals surface area contributed by atoms with Gasteiger partial charge in [0.1, 0.15) is 5.58 Å². The minimum atomic E-state index is -0.0359. The molecule has 1 amide bonds. The molecule has 4 aromatic rings. The van der Waals surface area contributed by atoms with Gasteiger partial charge in [-0.15, -0.1) is 0 Å². The maximum absolute atomic E-state index is 12.5. The second-order valence-electron chi connectivity index (χ2n) is 6.68. The normalized spacial score (nSPS) is 11.0.